The molecule has 0 spiro atoms. The second-order valence-corrected chi connectivity index (χ2v) is 5.30. The first-order valence-corrected chi connectivity index (χ1v) is 7.07. The maximum absolute atomic E-state index is 13.3. The van der Waals surface area contributed by atoms with Crippen LogP contribution in [0.25, 0.3) is 0 Å². The van der Waals surface area contributed by atoms with Gasteiger partial charge in [-0.15, -0.1) is 0 Å². The predicted molar refractivity (Wildman–Crippen MR) is 79.5 cm³/mol. The second kappa shape index (κ2) is 6.37. The van der Waals surface area contributed by atoms with Crippen molar-refractivity contribution in [2.45, 2.75) is 26.3 Å². The maximum atomic E-state index is 13.3. The Kier molecular flexibility index (Phi) is 4.78. The summed E-state index contributed by atoms with van der Waals surface area (Å²) in [4.78, 5) is 0. The number of hydrogen-bond donors (Lipinski definition) is 1. The summed E-state index contributed by atoms with van der Waals surface area (Å²) in [6.45, 7) is 4.85. The van der Waals surface area contributed by atoms with Crippen molar-refractivity contribution in [3.8, 4) is 0 Å². The van der Waals surface area contributed by atoms with E-state index in [0.717, 1.165) is 29.9 Å². The molecule has 0 saturated heterocycles. The van der Waals surface area contributed by atoms with E-state index >= 15 is 0 Å². The van der Waals surface area contributed by atoms with Crippen LogP contribution in [0.15, 0.2) is 24.3 Å². The second-order valence-electron chi connectivity index (χ2n) is 4.89. The van der Waals surface area contributed by atoms with Crippen molar-refractivity contribution in [1.82, 2.24) is 15.1 Å². The lowest BCUT2D eigenvalue weighted by atomic mass is 10.0. The Morgan fingerprint density at radius 3 is 2.70 bits per heavy atom. The number of nitrogens with zero attached hydrogens (tertiary/aromatic N) is 2. The van der Waals surface area contributed by atoms with Crippen LogP contribution >= 0.6 is 11.6 Å². The number of hydrogen-bond acceptors (Lipinski definition) is 2. The highest BCUT2D eigenvalue weighted by Gasteiger charge is 2.15. The minimum Gasteiger partial charge on any atom is -0.310 e. The Morgan fingerprint density at radius 1 is 1.40 bits per heavy atom. The molecule has 0 amide bonds. The molecule has 3 nitrogen and oxygen atoms in total. The van der Waals surface area contributed by atoms with Gasteiger partial charge in [-0.1, -0.05) is 24.6 Å². The largest absolute Gasteiger partial charge is 0.310 e. The molecule has 1 aromatic carbocycles. The van der Waals surface area contributed by atoms with Gasteiger partial charge in [0.05, 0.1) is 10.7 Å². The summed E-state index contributed by atoms with van der Waals surface area (Å²) in [7, 11) is 1.93. The fraction of sp³-hybridized carbons (Fsp3) is 0.400. The van der Waals surface area contributed by atoms with E-state index < -0.39 is 0 Å². The fourth-order valence-corrected chi connectivity index (χ4v) is 2.54. The molecule has 1 atom stereocenters. The lowest BCUT2D eigenvalue weighted by molar-refractivity contribution is 0.527. The van der Waals surface area contributed by atoms with Crippen molar-refractivity contribution in [1.29, 1.82) is 0 Å². The molecule has 0 saturated carbocycles. The summed E-state index contributed by atoms with van der Waals surface area (Å²) in [6.07, 6.45) is 0.785. The quantitative estimate of drug-likeness (QED) is 0.916. The summed E-state index contributed by atoms with van der Waals surface area (Å²) >= 11 is 5.88. The Balaban J connectivity index is 2.26. The molecule has 0 aliphatic carbocycles. The van der Waals surface area contributed by atoms with Gasteiger partial charge in [0, 0.05) is 25.2 Å². The van der Waals surface area contributed by atoms with E-state index in [1.807, 2.05) is 25.6 Å². The summed E-state index contributed by atoms with van der Waals surface area (Å²) in [5, 5.41) is 7.92. The SMILES string of the molecule is CCNC(Cc1cc(C)nn1C)c1ccc(F)c(Cl)c1. The minimum absolute atomic E-state index is 0.0906. The Bertz CT molecular complexity index is 595. The van der Waals surface area contributed by atoms with Crippen molar-refractivity contribution in [2.75, 3.05) is 6.54 Å². The van der Waals surface area contributed by atoms with Gasteiger partial charge in [-0.25, -0.2) is 4.39 Å². The average Bonchev–Trinajstić information content (AvgIpc) is 2.71. The van der Waals surface area contributed by atoms with Gasteiger partial charge in [-0.2, -0.15) is 5.10 Å². The molecule has 2 aromatic rings. The van der Waals surface area contributed by atoms with Gasteiger partial charge in [0.2, 0.25) is 0 Å². The first kappa shape index (κ1) is 15.0. The molecule has 0 aliphatic rings. The van der Waals surface area contributed by atoms with Gasteiger partial charge in [-0.3, -0.25) is 4.68 Å². The first-order valence-electron chi connectivity index (χ1n) is 6.69. The standard InChI is InChI=1S/C15H19ClFN3/c1-4-18-15(9-12-7-10(2)19-20(12)3)11-5-6-14(17)13(16)8-11/h5-8,15,18H,4,9H2,1-3H3. The summed E-state index contributed by atoms with van der Waals surface area (Å²) in [5.74, 6) is -0.387. The van der Waals surface area contributed by atoms with E-state index in [-0.39, 0.29) is 16.9 Å². The van der Waals surface area contributed by atoms with Crippen molar-refractivity contribution >= 4 is 11.6 Å². The normalized spacial score (nSPS) is 12.7. The number of aryl methyl sites for hydroxylation is 2. The highest BCUT2D eigenvalue weighted by molar-refractivity contribution is 6.30. The summed E-state index contributed by atoms with van der Waals surface area (Å²) in [5.41, 5.74) is 3.11. The zero-order valence-corrected chi connectivity index (χ0v) is 12.7. The predicted octanol–water partition coefficient (Wildman–Crippen LogP) is 3.41. The molecule has 1 N–H and O–H groups in total. The fourth-order valence-electron chi connectivity index (χ4n) is 2.35. The van der Waals surface area contributed by atoms with Crippen LogP contribution < -0.4 is 5.32 Å². The molecule has 1 heterocycles. The molecular weight excluding hydrogens is 277 g/mol. The summed E-state index contributed by atoms with van der Waals surface area (Å²) in [6, 6.07) is 7.03. The van der Waals surface area contributed by atoms with Crippen LogP contribution in [0, 0.1) is 12.7 Å². The van der Waals surface area contributed by atoms with Crippen LogP contribution in [0.1, 0.15) is 29.9 Å². The molecule has 0 fully saturated rings. The molecule has 20 heavy (non-hydrogen) atoms. The number of rotatable bonds is 5. The number of aromatic nitrogens is 2. The van der Waals surface area contributed by atoms with E-state index in [0.29, 0.717) is 0 Å². The van der Waals surface area contributed by atoms with Crippen LogP contribution in [0.3, 0.4) is 0 Å². The zero-order valence-electron chi connectivity index (χ0n) is 12.0. The van der Waals surface area contributed by atoms with Gasteiger partial charge in [0.15, 0.2) is 0 Å². The lowest BCUT2D eigenvalue weighted by Crippen LogP contribution is -2.24. The topological polar surface area (TPSA) is 29.9 Å². The van der Waals surface area contributed by atoms with E-state index in [4.69, 9.17) is 11.6 Å². The van der Waals surface area contributed by atoms with Crippen molar-refractivity contribution in [3.63, 3.8) is 0 Å². The molecule has 5 heteroatoms. The maximum Gasteiger partial charge on any atom is 0.141 e. The van der Waals surface area contributed by atoms with Gasteiger partial charge in [-0.05, 0) is 37.2 Å². The lowest BCUT2D eigenvalue weighted by Gasteiger charge is -2.19. The summed E-state index contributed by atoms with van der Waals surface area (Å²) < 4.78 is 15.2. The van der Waals surface area contributed by atoms with E-state index in [2.05, 4.69) is 16.5 Å². The zero-order chi connectivity index (χ0) is 14.7. The minimum atomic E-state index is -0.387. The number of benzene rings is 1. The smallest absolute Gasteiger partial charge is 0.141 e. The molecule has 108 valence electrons. The van der Waals surface area contributed by atoms with E-state index in [1.165, 1.54) is 6.07 Å². The van der Waals surface area contributed by atoms with Crippen LogP contribution in [-0.4, -0.2) is 16.3 Å². The van der Waals surface area contributed by atoms with E-state index in [1.54, 1.807) is 12.1 Å². The number of halogens is 2. The molecule has 0 aliphatic heterocycles. The third kappa shape index (κ3) is 3.38. The van der Waals surface area contributed by atoms with Crippen LogP contribution in [-0.2, 0) is 13.5 Å². The highest BCUT2D eigenvalue weighted by atomic mass is 35.5. The molecule has 0 radical (unpaired) electrons. The van der Waals surface area contributed by atoms with Crippen molar-refractivity contribution in [2.24, 2.45) is 7.05 Å². The molecule has 1 unspecified atom stereocenters. The third-order valence-electron chi connectivity index (χ3n) is 3.31. The van der Waals surface area contributed by atoms with Crippen LogP contribution in [0.4, 0.5) is 4.39 Å². The Labute approximate surface area is 123 Å². The van der Waals surface area contributed by atoms with Crippen molar-refractivity contribution < 1.29 is 4.39 Å². The Hall–Kier alpha value is -1.39. The van der Waals surface area contributed by atoms with Gasteiger partial charge in [0.1, 0.15) is 5.82 Å². The number of nitrogens with one attached hydrogen (secondary N) is 1. The van der Waals surface area contributed by atoms with Crippen LogP contribution in [0.2, 0.25) is 5.02 Å². The van der Waals surface area contributed by atoms with Crippen LogP contribution in [0.5, 0.6) is 0 Å². The van der Waals surface area contributed by atoms with Crippen molar-refractivity contribution in [3.05, 3.63) is 52.1 Å². The molecule has 0 bridgehead atoms. The average molecular weight is 296 g/mol. The highest BCUT2D eigenvalue weighted by Crippen LogP contribution is 2.23. The van der Waals surface area contributed by atoms with Gasteiger partial charge >= 0.3 is 0 Å². The van der Waals surface area contributed by atoms with E-state index in [9.17, 15) is 4.39 Å². The van der Waals surface area contributed by atoms with Gasteiger partial charge < -0.3 is 5.32 Å². The Morgan fingerprint density at radius 2 is 2.15 bits per heavy atom. The monoisotopic (exact) mass is 295 g/mol. The first-order chi connectivity index (χ1) is 9.51. The van der Waals surface area contributed by atoms with Gasteiger partial charge in [0.25, 0.3) is 0 Å². The molecule has 2 rings (SSSR count). The number of likely N-dealkylation sites (N-methyl/N-ethyl adjacent to an activating group) is 1. The molecule has 1 aromatic heterocycles. The molecular formula is C15H19ClFN3. The third-order valence-corrected chi connectivity index (χ3v) is 3.60.